The molecule has 1 heterocycles. The second kappa shape index (κ2) is 5.60. The molecule has 2 rings (SSSR count). The molecule has 0 amide bonds. The largest absolute Gasteiger partial charge is 0.393 e. The highest BCUT2D eigenvalue weighted by molar-refractivity contribution is 6.30. The number of hydrogen-bond donors (Lipinski definition) is 1. The van der Waals surface area contributed by atoms with E-state index in [2.05, 4.69) is 20.8 Å². The molecule has 0 aliphatic carbocycles. The third-order valence-electron chi connectivity index (χ3n) is 3.53. The first-order valence-corrected chi connectivity index (χ1v) is 7.47. The van der Waals surface area contributed by atoms with E-state index in [0.29, 0.717) is 23.8 Å². The minimum absolute atomic E-state index is 0.128. The van der Waals surface area contributed by atoms with Crippen LogP contribution in [-0.4, -0.2) is 9.36 Å². The number of anilines is 1. The maximum absolute atomic E-state index is 12.5. The van der Waals surface area contributed by atoms with Crippen molar-refractivity contribution in [2.45, 2.75) is 46.2 Å². The normalized spacial score (nSPS) is 11.9. The van der Waals surface area contributed by atoms with Crippen LogP contribution in [0.1, 0.15) is 39.0 Å². The van der Waals surface area contributed by atoms with E-state index in [0.717, 1.165) is 11.3 Å². The Bertz CT molecular complexity index is 690. The summed E-state index contributed by atoms with van der Waals surface area (Å²) in [6, 6.07) is 7.51. The summed E-state index contributed by atoms with van der Waals surface area (Å²) in [4.78, 5) is 12.5. The summed E-state index contributed by atoms with van der Waals surface area (Å²) in [6.07, 6.45) is 0. The Morgan fingerprint density at radius 1 is 1.14 bits per heavy atom. The Balaban J connectivity index is 2.54. The standard InChI is InChI=1S/C16H22ClN3O/c1-5-19-14(16(2,3)4)13(18)15(21)20(19)10-11-6-8-12(17)9-7-11/h6-9H,5,10,18H2,1-4H3. The van der Waals surface area contributed by atoms with Crippen LogP contribution in [0.25, 0.3) is 0 Å². The summed E-state index contributed by atoms with van der Waals surface area (Å²) >= 11 is 5.90. The van der Waals surface area contributed by atoms with E-state index in [1.54, 1.807) is 4.68 Å². The lowest BCUT2D eigenvalue weighted by Gasteiger charge is -2.22. The molecule has 0 fully saturated rings. The summed E-state index contributed by atoms with van der Waals surface area (Å²) < 4.78 is 3.69. The van der Waals surface area contributed by atoms with Crippen LogP contribution in [0.5, 0.6) is 0 Å². The average Bonchev–Trinajstić information content (AvgIpc) is 2.65. The SMILES string of the molecule is CCn1c(C(C)(C)C)c(N)c(=O)n1Cc1ccc(Cl)cc1. The van der Waals surface area contributed by atoms with E-state index in [1.807, 2.05) is 35.9 Å². The molecule has 0 radical (unpaired) electrons. The van der Waals surface area contributed by atoms with Crippen LogP contribution in [0.15, 0.2) is 29.1 Å². The summed E-state index contributed by atoms with van der Waals surface area (Å²) in [5.41, 5.74) is 8.02. The van der Waals surface area contributed by atoms with Crippen LogP contribution >= 0.6 is 11.6 Å². The van der Waals surface area contributed by atoms with Crippen molar-refractivity contribution in [1.29, 1.82) is 0 Å². The van der Waals surface area contributed by atoms with Gasteiger partial charge in [-0.15, -0.1) is 0 Å². The lowest BCUT2D eigenvalue weighted by atomic mass is 9.91. The van der Waals surface area contributed by atoms with Gasteiger partial charge in [0.2, 0.25) is 0 Å². The minimum atomic E-state index is -0.176. The van der Waals surface area contributed by atoms with Crippen LogP contribution < -0.4 is 11.3 Å². The van der Waals surface area contributed by atoms with Gasteiger partial charge in [0.25, 0.3) is 5.56 Å². The first-order chi connectivity index (χ1) is 9.75. The molecule has 2 N–H and O–H groups in total. The molecule has 0 unspecified atom stereocenters. The lowest BCUT2D eigenvalue weighted by Crippen LogP contribution is -2.26. The molecule has 0 saturated carbocycles. The molecule has 21 heavy (non-hydrogen) atoms. The molecule has 4 nitrogen and oxygen atoms in total. The minimum Gasteiger partial charge on any atom is -0.393 e. The Hall–Kier alpha value is -1.68. The van der Waals surface area contributed by atoms with Gasteiger partial charge in [0, 0.05) is 17.0 Å². The van der Waals surface area contributed by atoms with E-state index in [9.17, 15) is 4.79 Å². The fourth-order valence-electron chi connectivity index (χ4n) is 2.65. The van der Waals surface area contributed by atoms with Gasteiger partial charge in [0.1, 0.15) is 5.69 Å². The number of rotatable bonds is 3. The zero-order chi connectivity index (χ0) is 15.8. The van der Waals surface area contributed by atoms with Crippen molar-refractivity contribution in [1.82, 2.24) is 9.36 Å². The van der Waals surface area contributed by atoms with E-state index in [-0.39, 0.29) is 11.0 Å². The summed E-state index contributed by atoms with van der Waals surface area (Å²) in [5.74, 6) is 0. The molecule has 0 spiro atoms. The fraction of sp³-hybridized carbons (Fsp3) is 0.438. The van der Waals surface area contributed by atoms with Gasteiger partial charge in [-0.05, 0) is 24.6 Å². The van der Waals surface area contributed by atoms with Crippen molar-refractivity contribution in [2.24, 2.45) is 0 Å². The number of hydrogen-bond acceptors (Lipinski definition) is 2. The molecule has 0 atom stereocenters. The quantitative estimate of drug-likeness (QED) is 0.946. The Kier molecular flexibility index (Phi) is 4.19. The van der Waals surface area contributed by atoms with Gasteiger partial charge in [0.05, 0.1) is 12.2 Å². The molecular formula is C16H22ClN3O. The van der Waals surface area contributed by atoms with Crippen LogP contribution in [0.4, 0.5) is 5.69 Å². The summed E-state index contributed by atoms with van der Waals surface area (Å²) in [7, 11) is 0. The second-order valence-electron chi connectivity index (χ2n) is 6.22. The topological polar surface area (TPSA) is 52.9 Å². The number of aromatic nitrogens is 2. The predicted molar refractivity (Wildman–Crippen MR) is 88.0 cm³/mol. The molecule has 0 bridgehead atoms. The molecule has 0 saturated heterocycles. The fourth-order valence-corrected chi connectivity index (χ4v) is 2.78. The van der Waals surface area contributed by atoms with Crippen LogP contribution in [0.2, 0.25) is 5.02 Å². The Morgan fingerprint density at radius 2 is 1.71 bits per heavy atom. The van der Waals surface area contributed by atoms with Crippen LogP contribution in [0, 0.1) is 0 Å². The van der Waals surface area contributed by atoms with E-state index >= 15 is 0 Å². The smallest absolute Gasteiger partial charge is 0.290 e. The number of nitrogens with two attached hydrogens (primary N) is 1. The van der Waals surface area contributed by atoms with Crippen molar-refractivity contribution in [3.63, 3.8) is 0 Å². The number of nitrogens with zero attached hydrogens (tertiary/aromatic N) is 2. The van der Waals surface area contributed by atoms with Crippen LogP contribution in [0.3, 0.4) is 0 Å². The maximum atomic E-state index is 12.5. The first-order valence-electron chi connectivity index (χ1n) is 7.09. The van der Waals surface area contributed by atoms with Gasteiger partial charge in [-0.25, -0.2) is 4.68 Å². The molecule has 5 heteroatoms. The Labute approximate surface area is 130 Å². The zero-order valence-electron chi connectivity index (χ0n) is 13.0. The lowest BCUT2D eigenvalue weighted by molar-refractivity contribution is 0.428. The highest BCUT2D eigenvalue weighted by Gasteiger charge is 2.26. The third-order valence-corrected chi connectivity index (χ3v) is 3.78. The molecule has 0 aliphatic heterocycles. The van der Waals surface area contributed by atoms with Gasteiger partial charge in [-0.2, -0.15) is 0 Å². The maximum Gasteiger partial charge on any atom is 0.290 e. The number of halogens is 1. The summed E-state index contributed by atoms with van der Waals surface area (Å²) in [6.45, 7) is 9.41. The third kappa shape index (κ3) is 3.00. The Morgan fingerprint density at radius 3 is 2.19 bits per heavy atom. The molecular weight excluding hydrogens is 286 g/mol. The number of nitrogen functional groups attached to an aromatic ring is 1. The first kappa shape index (κ1) is 15.7. The second-order valence-corrected chi connectivity index (χ2v) is 6.65. The van der Waals surface area contributed by atoms with Crippen LogP contribution in [-0.2, 0) is 18.5 Å². The molecule has 0 aliphatic rings. The number of benzene rings is 1. The van der Waals surface area contributed by atoms with Crippen molar-refractivity contribution >= 4 is 17.3 Å². The van der Waals surface area contributed by atoms with E-state index in [1.165, 1.54) is 0 Å². The zero-order valence-corrected chi connectivity index (χ0v) is 13.7. The van der Waals surface area contributed by atoms with Gasteiger partial charge in [0.15, 0.2) is 0 Å². The van der Waals surface area contributed by atoms with Gasteiger partial charge < -0.3 is 5.73 Å². The molecule has 2 aromatic rings. The van der Waals surface area contributed by atoms with Crippen molar-refractivity contribution < 1.29 is 0 Å². The highest BCUT2D eigenvalue weighted by atomic mass is 35.5. The highest BCUT2D eigenvalue weighted by Crippen LogP contribution is 2.26. The predicted octanol–water partition coefficient (Wildman–Crippen LogP) is 3.25. The van der Waals surface area contributed by atoms with Crippen molar-refractivity contribution in [3.8, 4) is 0 Å². The van der Waals surface area contributed by atoms with Gasteiger partial charge in [-0.1, -0.05) is 44.5 Å². The van der Waals surface area contributed by atoms with Crippen molar-refractivity contribution in [2.75, 3.05) is 5.73 Å². The van der Waals surface area contributed by atoms with E-state index < -0.39 is 0 Å². The summed E-state index contributed by atoms with van der Waals surface area (Å²) in [5, 5.41) is 0.687. The van der Waals surface area contributed by atoms with E-state index in [4.69, 9.17) is 17.3 Å². The monoisotopic (exact) mass is 307 g/mol. The van der Waals surface area contributed by atoms with Gasteiger partial charge in [-0.3, -0.25) is 9.48 Å². The molecule has 1 aromatic heterocycles. The van der Waals surface area contributed by atoms with Crippen molar-refractivity contribution in [3.05, 3.63) is 50.9 Å². The van der Waals surface area contributed by atoms with Gasteiger partial charge >= 0.3 is 0 Å². The average molecular weight is 308 g/mol. The molecule has 114 valence electrons. The molecule has 1 aromatic carbocycles.